The summed E-state index contributed by atoms with van der Waals surface area (Å²) in [7, 11) is 2.86. The Hall–Kier alpha value is -0.980. The molecule has 4 nitrogen and oxygen atoms in total. The predicted octanol–water partition coefficient (Wildman–Crippen LogP) is 2.04. The van der Waals surface area contributed by atoms with Crippen molar-refractivity contribution in [2.24, 2.45) is 0 Å². The number of hydrogen-bond acceptors (Lipinski definition) is 4. The van der Waals surface area contributed by atoms with Gasteiger partial charge in [-0.1, -0.05) is 6.07 Å². The fourth-order valence-electron chi connectivity index (χ4n) is 1.45. The zero-order valence-corrected chi connectivity index (χ0v) is 11.8. The number of hydrogen-bond donors (Lipinski definition) is 1. The molecule has 100 valence electrons. The summed E-state index contributed by atoms with van der Waals surface area (Å²) in [4.78, 5) is 11.6. The summed E-state index contributed by atoms with van der Waals surface area (Å²) in [6.07, 6.45) is 0. The van der Waals surface area contributed by atoms with Crippen LogP contribution < -0.4 is 5.32 Å². The molecule has 0 saturated heterocycles. The number of rotatable bonds is 6. The average Bonchev–Trinajstić information content (AvgIpc) is 2.37. The van der Waals surface area contributed by atoms with Crippen LogP contribution in [0.5, 0.6) is 0 Å². The lowest BCUT2D eigenvalue weighted by Crippen LogP contribution is -2.32. The van der Waals surface area contributed by atoms with E-state index in [-0.39, 0.29) is 0 Å². The molecule has 0 aliphatic heterocycles. The van der Waals surface area contributed by atoms with E-state index in [0.717, 1.165) is 0 Å². The molecule has 1 aromatic carbocycles. The van der Waals surface area contributed by atoms with Crippen LogP contribution in [0.2, 0.25) is 0 Å². The van der Waals surface area contributed by atoms with Crippen molar-refractivity contribution in [1.82, 2.24) is 5.32 Å². The normalized spacial score (nSPS) is 12.2. The molecule has 0 aliphatic carbocycles. The number of carbonyl (C=O) groups is 1. The Labute approximate surface area is 114 Å². The van der Waals surface area contributed by atoms with Gasteiger partial charge < -0.3 is 9.47 Å². The first-order valence-electron chi connectivity index (χ1n) is 5.35. The number of benzene rings is 1. The number of methoxy groups -OCH3 is 2. The number of halogens is 2. The Morgan fingerprint density at radius 1 is 1.50 bits per heavy atom. The molecule has 0 heterocycles. The van der Waals surface area contributed by atoms with Crippen molar-refractivity contribution in [3.05, 3.63) is 34.1 Å². The fourth-order valence-corrected chi connectivity index (χ4v) is 1.70. The minimum absolute atomic E-state index is 0.353. The van der Waals surface area contributed by atoms with Gasteiger partial charge in [0.15, 0.2) is 0 Å². The molecular weight excluding hydrogens is 305 g/mol. The van der Waals surface area contributed by atoms with Crippen LogP contribution in [0.25, 0.3) is 0 Å². The molecule has 0 bridgehead atoms. The first-order valence-corrected chi connectivity index (χ1v) is 6.14. The topological polar surface area (TPSA) is 47.6 Å². The van der Waals surface area contributed by atoms with Crippen LogP contribution in [-0.4, -0.2) is 33.3 Å². The molecule has 0 aromatic heterocycles. The summed E-state index contributed by atoms with van der Waals surface area (Å²) in [5, 5.41) is 2.95. The van der Waals surface area contributed by atoms with Gasteiger partial charge in [0.05, 0.1) is 18.2 Å². The van der Waals surface area contributed by atoms with Crippen LogP contribution in [-0.2, 0) is 14.3 Å². The minimum Gasteiger partial charge on any atom is -0.468 e. The van der Waals surface area contributed by atoms with Crippen LogP contribution in [0.15, 0.2) is 22.7 Å². The quantitative estimate of drug-likeness (QED) is 0.644. The Morgan fingerprint density at radius 3 is 2.78 bits per heavy atom. The van der Waals surface area contributed by atoms with E-state index in [0.29, 0.717) is 23.2 Å². The average molecular weight is 320 g/mol. The molecule has 0 radical (unpaired) electrons. The second-order valence-electron chi connectivity index (χ2n) is 3.58. The summed E-state index contributed by atoms with van der Waals surface area (Å²) >= 11 is 3.06. The van der Waals surface area contributed by atoms with Crippen molar-refractivity contribution in [1.29, 1.82) is 0 Å². The van der Waals surface area contributed by atoms with Gasteiger partial charge in [-0.25, -0.2) is 9.18 Å². The number of carbonyl (C=O) groups excluding carboxylic acids is 1. The van der Waals surface area contributed by atoms with Gasteiger partial charge in [-0.15, -0.1) is 0 Å². The van der Waals surface area contributed by atoms with Crippen molar-refractivity contribution >= 4 is 21.9 Å². The van der Waals surface area contributed by atoms with Crippen molar-refractivity contribution < 1.29 is 18.7 Å². The van der Waals surface area contributed by atoms with Crippen molar-refractivity contribution in [3.8, 4) is 0 Å². The lowest BCUT2D eigenvalue weighted by molar-refractivity contribution is -0.143. The van der Waals surface area contributed by atoms with Crippen molar-refractivity contribution in [3.63, 3.8) is 0 Å². The molecule has 0 spiro atoms. The molecule has 1 unspecified atom stereocenters. The summed E-state index contributed by atoms with van der Waals surface area (Å²) in [6.45, 7) is 0.917. The molecule has 0 saturated carbocycles. The largest absolute Gasteiger partial charge is 0.468 e. The highest BCUT2D eigenvalue weighted by molar-refractivity contribution is 9.10. The van der Waals surface area contributed by atoms with Crippen molar-refractivity contribution in [2.45, 2.75) is 6.04 Å². The van der Waals surface area contributed by atoms with Gasteiger partial charge in [0, 0.05) is 13.7 Å². The van der Waals surface area contributed by atoms with Crippen LogP contribution in [0.4, 0.5) is 4.39 Å². The third-order valence-electron chi connectivity index (χ3n) is 2.37. The summed E-state index contributed by atoms with van der Waals surface area (Å²) < 4.78 is 23.4. The van der Waals surface area contributed by atoms with Gasteiger partial charge in [0.2, 0.25) is 0 Å². The minimum atomic E-state index is -0.701. The fraction of sp³-hybridized carbons (Fsp3) is 0.417. The first kappa shape index (κ1) is 15.1. The van der Waals surface area contributed by atoms with Gasteiger partial charge in [0.25, 0.3) is 0 Å². The van der Waals surface area contributed by atoms with Crippen LogP contribution in [0.3, 0.4) is 0 Å². The van der Waals surface area contributed by atoms with Crippen LogP contribution >= 0.6 is 15.9 Å². The van der Waals surface area contributed by atoms with E-state index < -0.39 is 17.8 Å². The van der Waals surface area contributed by atoms with E-state index in [1.54, 1.807) is 19.2 Å². The monoisotopic (exact) mass is 319 g/mol. The second kappa shape index (κ2) is 7.45. The highest BCUT2D eigenvalue weighted by Gasteiger charge is 2.21. The number of esters is 1. The molecule has 1 atom stereocenters. The highest BCUT2D eigenvalue weighted by atomic mass is 79.9. The standard InChI is InChI=1S/C12H15BrFNO3/c1-17-6-5-15-11(12(16)18-2)8-3-4-9(13)10(14)7-8/h3-4,7,11,15H,5-6H2,1-2H3. The Kier molecular flexibility index (Phi) is 6.24. The summed E-state index contributed by atoms with van der Waals surface area (Å²) in [5.74, 6) is -0.886. The lowest BCUT2D eigenvalue weighted by atomic mass is 10.1. The van der Waals surface area contributed by atoms with Gasteiger partial charge in [-0.2, -0.15) is 0 Å². The van der Waals surface area contributed by atoms with E-state index in [9.17, 15) is 9.18 Å². The van der Waals surface area contributed by atoms with Crippen molar-refractivity contribution in [2.75, 3.05) is 27.4 Å². The molecule has 1 rings (SSSR count). The highest BCUT2D eigenvalue weighted by Crippen LogP contribution is 2.21. The SMILES string of the molecule is COCCNC(C(=O)OC)c1ccc(Br)c(F)c1. The maximum absolute atomic E-state index is 13.4. The maximum atomic E-state index is 13.4. The molecule has 6 heteroatoms. The van der Waals surface area contributed by atoms with E-state index in [1.807, 2.05) is 0 Å². The summed E-state index contributed by atoms with van der Waals surface area (Å²) in [5.41, 5.74) is 0.513. The third-order valence-corrected chi connectivity index (χ3v) is 3.01. The van der Waals surface area contributed by atoms with Crippen LogP contribution in [0.1, 0.15) is 11.6 Å². The van der Waals surface area contributed by atoms with Gasteiger partial charge in [-0.05, 0) is 33.6 Å². The zero-order valence-electron chi connectivity index (χ0n) is 10.2. The van der Waals surface area contributed by atoms with Gasteiger partial charge >= 0.3 is 5.97 Å². The van der Waals surface area contributed by atoms with Gasteiger partial charge in [-0.3, -0.25) is 5.32 Å². The van der Waals surface area contributed by atoms with Crippen LogP contribution in [0, 0.1) is 5.82 Å². The molecule has 1 aromatic rings. The predicted molar refractivity (Wildman–Crippen MR) is 68.7 cm³/mol. The number of ether oxygens (including phenoxy) is 2. The van der Waals surface area contributed by atoms with E-state index in [2.05, 4.69) is 21.2 Å². The molecule has 1 N–H and O–H groups in total. The molecule has 0 fully saturated rings. The van der Waals surface area contributed by atoms with E-state index in [4.69, 9.17) is 9.47 Å². The Bertz CT molecular complexity index is 414. The lowest BCUT2D eigenvalue weighted by Gasteiger charge is -2.17. The Morgan fingerprint density at radius 2 is 2.22 bits per heavy atom. The van der Waals surface area contributed by atoms with Gasteiger partial charge in [0.1, 0.15) is 11.9 Å². The third kappa shape index (κ3) is 4.04. The molecule has 0 aliphatic rings. The van der Waals surface area contributed by atoms with E-state index in [1.165, 1.54) is 13.2 Å². The van der Waals surface area contributed by atoms with E-state index >= 15 is 0 Å². The maximum Gasteiger partial charge on any atom is 0.327 e. The molecular formula is C12H15BrFNO3. The zero-order chi connectivity index (χ0) is 13.5. The first-order chi connectivity index (χ1) is 8.60. The number of nitrogens with one attached hydrogen (secondary N) is 1. The molecule has 18 heavy (non-hydrogen) atoms. The smallest absolute Gasteiger partial charge is 0.327 e. The molecule has 0 amide bonds. The second-order valence-corrected chi connectivity index (χ2v) is 4.43. The summed E-state index contributed by atoms with van der Waals surface area (Å²) in [6, 6.07) is 3.81. The Balaban J connectivity index is 2.87.